The van der Waals surface area contributed by atoms with Crippen molar-refractivity contribution in [2.24, 2.45) is 0 Å². The van der Waals surface area contributed by atoms with Gasteiger partial charge in [0.1, 0.15) is 5.82 Å². The first kappa shape index (κ1) is 13.8. The SMILES string of the molecule is Cc1ccc(C(CO)Nc2ccc(F)cc2)cc1Cl. The monoisotopic (exact) mass is 279 g/mol. The molecule has 0 saturated carbocycles. The van der Waals surface area contributed by atoms with Crippen LogP contribution in [-0.2, 0) is 0 Å². The van der Waals surface area contributed by atoms with E-state index in [1.54, 1.807) is 12.1 Å². The number of rotatable bonds is 4. The maximum absolute atomic E-state index is 12.8. The third-order valence-electron chi connectivity index (χ3n) is 2.97. The van der Waals surface area contributed by atoms with Gasteiger partial charge in [0.25, 0.3) is 0 Å². The van der Waals surface area contributed by atoms with Gasteiger partial charge >= 0.3 is 0 Å². The lowest BCUT2D eigenvalue weighted by Crippen LogP contribution is -2.14. The van der Waals surface area contributed by atoms with Gasteiger partial charge in [-0.25, -0.2) is 4.39 Å². The molecule has 0 aliphatic rings. The van der Waals surface area contributed by atoms with Crippen LogP contribution in [0.2, 0.25) is 5.02 Å². The molecule has 0 amide bonds. The summed E-state index contributed by atoms with van der Waals surface area (Å²) in [7, 11) is 0. The molecule has 100 valence electrons. The van der Waals surface area contributed by atoms with Gasteiger partial charge in [-0.2, -0.15) is 0 Å². The Kier molecular flexibility index (Phi) is 4.40. The fourth-order valence-electron chi connectivity index (χ4n) is 1.81. The lowest BCUT2D eigenvalue weighted by atomic mass is 10.1. The topological polar surface area (TPSA) is 32.3 Å². The molecule has 0 aliphatic heterocycles. The molecule has 2 rings (SSSR count). The summed E-state index contributed by atoms with van der Waals surface area (Å²) in [6.45, 7) is 1.85. The molecule has 1 unspecified atom stereocenters. The molecular weight excluding hydrogens is 265 g/mol. The fourth-order valence-corrected chi connectivity index (χ4v) is 2.00. The minimum Gasteiger partial charge on any atom is -0.394 e. The number of hydrogen-bond acceptors (Lipinski definition) is 2. The van der Waals surface area contributed by atoms with Gasteiger partial charge in [-0.1, -0.05) is 23.7 Å². The normalized spacial score (nSPS) is 12.2. The van der Waals surface area contributed by atoms with Crippen molar-refractivity contribution in [3.05, 3.63) is 64.4 Å². The standard InChI is InChI=1S/C15H15ClFNO/c1-10-2-3-11(8-14(10)16)15(9-19)18-13-6-4-12(17)5-7-13/h2-8,15,18-19H,9H2,1H3. The summed E-state index contributed by atoms with van der Waals surface area (Å²) in [5, 5.41) is 13.3. The van der Waals surface area contributed by atoms with Crippen LogP contribution in [0.5, 0.6) is 0 Å². The summed E-state index contributed by atoms with van der Waals surface area (Å²) < 4.78 is 12.8. The van der Waals surface area contributed by atoms with Crippen LogP contribution >= 0.6 is 11.6 Å². The Morgan fingerprint density at radius 3 is 2.47 bits per heavy atom. The van der Waals surface area contributed by atoms with Crippen LogP contribution in [-0.4, -0.2) is 11.7 Å². The predicted octanol–water partition coefficient (Wildman–Crippen LogP) is 3.93. The van der Waals surface area contributed by atoms with E-state index in [0.717, 1.165) is 16.8 Å². The summed E-state index contributed by atoms with van der Waals surface area (Å²) in [4.78, 5) is 0. The van der Waals surface area contributed by atoms with Crippen LogP contribution in [0.15, 0.2) is 42.5 Å². The molecular formula is C15H15ClFNO. The summed E-state index contributed by atoms with van der Waals surface area (Å²) >= 11 is 6.08. The van der Waals surface area contributed by atoms with Gasteiger partial charge in [0.15, 0.2) is 0 Å². The number of anilines is 1. The van der Waals surface area contributed by atoms with Gasteiger partial charge in [0, 0.05) is 10.7 Å². The first-order chi connectivity index (χ1) is 9.10. The van der Waals surface area contributed by atoms with Crippen LogP contribution in [0.3, 0.4) is 0 Å². The first-order valence-electron chi connectivity index (χ1n) is 5.99. The summed E-state index contributed by atoms with van der Waals surface area (Å²) in [5.41, 5.74) is 2.63. The average molecular weight is 280 g/mol. The molecule has 4 heteroatoms. The third-order valence-corrected chi connectivity index (χ3v) is 3.37. The van der Waals surface area contributed by atoms with Gasteiger partial charge in [-0.05, 0) is 48.4 Å². The molecule has 0 spiro atoms. The van der Waals surface area contributed by atoms with Gasteiger partial charge in [0.2, 0.25) is 0 Å². The molecule has 2 N–H and O–H groups in total. The van der Waals surface area contributed by atoms with Crippen molar-refractivity contribution < 1.29 is 9.50 Å². The van der Waals surface area contributed by atoms with Gasteiger partial charge in [0.05, 0.1) is 12.6 Å². The van der Waals surface area contributed by atoms with E-state index in [2.05, 4.69) is 5.32 Å². The number of aliphatic hydroxyl groups is 1. The molecule has 0 fully saturated rings. The maximum Gasteiger partial charge on any atom is 0.123 e. The van der Waals surface area contributed by atoms with E-state index < -0.39 is 0 Å². The second-order valence-corrected chi connectivity index (χ2v) is 4.80. The Bertz CT molecular complexity index is 557. The molecule has 2 nitrogen and oxygen atoms in total. The molecule has 19 heavy (non-hydrogen) atoms. The zero-order valence-electron chi connectivity index (χ0n) is 10.5. The highest BCUT2D eigenvalue weighted by molar-refractivity contribution is 6.31. The van der Waals surface area contributed by atoms with E-state index in [1.807, 2.05) is 25.1 Å². The fraction of sp³-hybridized carbons (Fsp3) is 0.200. The van der Waals surface area contributed by atoms with Crippen LogP contribution in [0.1, 0.15) is 17.2 Å². The smallest absolute Gasteiger partial charge is 0.123 e. The average Bonchev–Trinajstić information content (AvgIpc) is 2.41. The zero-order valence-corrected chi connectivity index (χ0v) is 11.3. The zero-order chi connectivity index (χ0) is 13.8. The van der Waals surface area contributed by atoms with E-state index in [4.69, 9.17) is 11.6 Å². The van der Waals surface area contributed by atoms with Crippen molar-refractivity contribution in [3.8, 4) is 0 Å². The van der Waals surface area contributed by atoms with Crippen molar-refractivity contribution in [1.29, 1.82) is 0 Å². The van der Waals surface area contributed by atoms with E-state index in [9.17, 15) is 9.50 Å². The molecule has 0 heterocycles. The van der Waals surface area contributed by atoms with Crippen molar-refractivity contribution >= 4 is 17.3 Å². The Hall–Kier alpha value is -1.58. The van der Waals surface area contributed by atoms with Crippen LogP contribution < -0.4 is 5.32 Å². The second kappa shape index (κ2) is 6.04. The van der Waals surface area contributed by atoms with Crippen molar-refractivity contribution in [1.82, 2.24) is 0 Å². The lowest BCUT2D eigenvalue weighted by molar-refractivity contribution is 0.276. The van der Waals surface area contributed by atoms with Gasteiger partial charge in [-0.3, -0.25) is 0 Å². The molecule has 1 atom stereocenters. The lowest BCUT2D eigenvalue weighted by Gasteiger charge is -2.18. The number of aryl methyl sites for hydroxylation is 1. The van der Waals surface area contributed by atoms with Crippen LogP contribution in [0, 0.1) is 12.7 Å². The Morgan fingerprint density at radius 1 is 1.21 bits per heavy atom. The van der Waals surface area contributed by atoms with Crippen molar-refractivity contribution in [3.63, 3.8) is 0 Å². The molecule has 0 aliphatic carbocycles. The number of halogens is 2. The minimum atomic E-state index is -0.288. The van der Waals surface area contributed by atoms with Gasteiger partial charge in [-0.15, -0.1) is 0 Å². The highest BCUT2D eigenvalue weighted by Crippen LogP contribution is 2.24. The van der Waals surface area contributed by atoms with E-state index in [1.165, 1.54) is 12.1 Å². The first-order valence-corrected chi connectivity index (χ1v) is 6.37. The quantitative estimate of drug-likeness (QED) is 0.889. The molecule has 0 radical (unpaired) electrons. The second-order valence-electron chi connectivity index (χ2n) is 4.40. The molecule has 0 aromatic heterocycles. The molecule has 0 bridgehead atoms. The molecule has 2 aromatic rings. The largest absolute Gasteiger partial charge is 0.394 e. The summed E-state index contributed by atoms with van der Waals surface area (Å²) in [6, 6.07) is 11.4. The number of aliphatic hydroxyl groups excluding tert-OH is 1. The Labute approximate surface area is 116 Å². The van der Waals surface area contributed by atoms with Crippen molar-refractivity contribution in [2.75, 3.05) is 11.9 Å². The highest BCUT2D eigenvalue weighted by atomic mass is 35.5. The third kappa shape index (κ3) is 3.46. The van der Waals surface area contributed by atoms with E-state index in [0.29, 0.717) is 5.02 Å². The van der Waals surface area contributed by atoms with E-state index in [-0.39, 0.29) is 18.5 Å². The Morgan fingerprint density at radius 2 is 1.89 bits per heavy atom. The van der Waals surface area contributed by atoms with Gasteiger partial charge < -0.3 is 10.4 Å². The Balaban J connectivity index is 2.19. The van der Waals surface area contributed by atoms with Crippen LogP contribution in [0.25, 0.3) is 0 Å². The number of nitrogens with one attached hydrogen (secondary N) is 1. The maximum atomic E-state index is 12.8. The summed E-state index contributed by atoms with van der Waals surface area (Å²) in [5.74, 6) is -0.288. The molecule has 2 aromatic carbocycles. The predicted molar refractivity (Wildman–Crippen MR) is 76.0 cm³/mol. The minimum absolute atomic E-state index is 0.0727. The number of benzene rings is 2. The van der Waals surface area contributed by atoms with Crippen molar-refractivity contribution in [2.45, 2.75) is 13.0 Å². The highest BCUT2D eigenvalue weighted by Gasteiger charge is 2.11. The summed E-state index contributed by atoms with van der Waals surface area (Å²) in [6.07, 6.45) is 0. The van der Waals surface area contributed by atoms with E-state index >= 15 is 0 Å². The van der Waals surface area contributed by atoms with Crippen LogP contribution in [0.4, 0.5) is 10.1 Å². The number of hydrogen-bond donors (Lipinski definition) is 2. The molecule has 0 saturated heterocycles.